The first-order chi connectivity index (χ1) is 11.3. The van der Waals surface area contributed by atoms with Crippen molar-refractivity contribution in [1.29, 1.82) is 0 Å². The number of guanidine groups is 1. The Kier molecular flexibility index (Phi) is 14.7. The highest BCUT2D eigenvalue weighted by Crippen LogP contribution is 2.13. The molecule has 0 saturated heterocycles. The van der Waals surface area contributed by atoms with Gasteiger partial charge in [0.2, 0.25) is 5.88 Å². The van der Waals surface area contributed by atoms with Gasteiger partial charge in [0, 0.05) is 52.2 Å². The fourth-order valence-electron chi connectivity index (χ4n) is 1.84. The van der Waals surface area contributed by atoms with E-state index in [2.05, 4.69) is 20.6 Å². The van der Waals surface area contributed by atoms with E-state index < -0.39 is 0 Å². The summed E-state index contributed by atoms with van der Waals surface area (Å²) < 4.78 is 15.9. The van der Waals surface area contributed by atoms with E-state index in [1.165, 1.54) is 0 Å². The summed E-state index contributed by atoms with van der Waals surface area (Å²) in [6.07, 6.45) is 2.65. The number of hydrogen-bond acceptors (Lipinski definition) is 5. The summed E-state index contributed by atoms with van der Waals surface area (Å²) in [5, 5.41) is 6.50. The maximum absolute atomic E-state index is 5.62. The summed E-state index contributed by atoms with van der Waals surface area (Å²) in [5.74, 6) is 1.36. The molecule has 2 N–H and O–H groups in total. The van der Waals surface area contributed by atoms with Gasteiger partial charge in [-0.2, -0.15) is 0 Å². The predicted octanol–water partition coefficient (Wildman–Crippen LogP) is 1.82. The molecule has 0 saturated carbocycles. The lowest BCUT2D eigenvalue weighted by Crippen LogP contribution is -2.37. The molecule has 0 aromatic carbocycles. The zero-order chi connectivity index (χ0) is 16.8. The van der Waals surface area contributed by atoms with Crippen LogP contribution in [0.15, 0.2) is 23.3 Å². The van der Waals surface area contributed by atoms with Gasteiger partial charge in [-0.25, -0.2) is 4.98 Å². The number of hydrogen-bond donors (Lipinski definition) is 2. The molecule has 0 unspecified atom stereocenters. The summed E-state index contributed by atoms with van der Waals surface area (Å²) in [4.78, 5) is 8.45. The Morgan fingerprint density at radius 3 is 2.79 bits per heavy atom. The molecule has 1 aromatic heterocycles. The zero-order valence-corrected chi connectivity index (χ0v) is 17.0. The van der Waals surface area contributed by atoms with Crippen molar-refractivity contribution in [3.63, 3.8) is 0 Å². The average Bonchev–Trinajstić information content (AvgIpc) is 2.58. The molecule has 7 nitrogen and oxygen atoms in total. The second-order valence-corrected chi connectivity index (χ2v) is 4.71. The van der Waals surface area contributed by atoms with Crippen LogP contribution in [0.25, 0.3) is 0 Å². The number of rotatable bonds is 11. The highest BCUT2D eigenvalue weighted by atomic mass is 127. The van der Waals surface area contributed by atoms with E-state index in [0.29, 0.717) is 25.6 Å². The molecule has 1 rings (SSSR count). The van der Waals surface area contributed by atoms with Gasteiger partial charge in [-0.15, -0.1) is 24.0 Å². The Morgan fingerprint density at radius 1 is 1.25 bits per heavy atom. The first kappa shape index (κ1) is 22.9. The fraction of sp³-hybridized carbons (Fsp3) is 0.625. The van der Waals surface area contributed by atoms with Crippen LogP contribution in [0.5, 0.6) is 5.88 Å². The van der Waals surface area contributed by atoms with Crippen molar-refractivity contribution in [3.05, 3.63) is 23.9 Å². The predicted molar refractivity (Wildman–Crippen MR) is 106 cm³/mol. The molecule has 1 heterocycles. The fourth-order valence-corrected chi connectivity index (χ4v) is 1.84. The van der Waals surface area contributed by atoms with Crippen LogP contribution in [0.3, 0.4) is 0 Å². The highest BCUT2D eigenvalue weighted by Gasteiger charge is 2.05. The Balaban J connectivity index is 0.00000529. The normalized spacial score (nSPS) is 10.9. The van der Waals surface area contributed by atoms with Gasteiger partial charge in [0.1, 0.15) is 6.61 Å². The Bertz CT molecular complexity index is 461. The maximum atomic E-state index is 5.62. The lowest BCUT2D eigenvalue weighted by Gasteiger charge is -2.14. The number of nitrogens with zero attached hydrogens (tertiary/aromatic N) is 2. The van der Waals surface area contributed by atoms with Crippen LogP contribution in [0, 0.1) is 0 Å². The molecule has 1 aromatic rings. The van der Waals surface area contributed by atoms with Gasteiger partial charge in [-0.3, -0.25) is 4.99 Å². The Morgan fingerprint density at radius 2 is 2.08 bits per heavy atom. The largest absolute Gasteiger partial charge is 0.475 e. The van der Waals surface area contributed by atoms with Crippen molar-refractivity contribution >= 4 is 29.9 Å². The standard InChI is InChI=1S/C16H28N4O3.HI/c1-4-22-10-6-9-19-16(17-2)20-13-14-7-5-8-18-15(14)23-12-11-21-3;/h5,7-8H,4,6,9-13H2,1-3H3,(H2,17,19,20);1H. The molecular weight excluding hydrogens is 423 g/mol. The van der Waals surface area contributed by atoms with Crippen molar-refractivity contribution in [3.8, 4) is 5.88 Å². The van der Waals surface area contributed by atoms with E-state index in [-0.39, 0.29) is 24.0 Å². The monoisotopic (exact) mass is 452 g/mol. The summed E-state index contributed by atoms with van der Waals surface area (Å²) in [6, 6.07) is 3.86. The van der Waals surface area contributed by atoms with Crippen LogP contribution in [0.4, 0.5) is 0 Å². The van der Waals surface area contributed by atoms with Gasteiger partial charge in [-0.05, 0) is 19.4 Å². The zero-order valence-electron chi connectivity index (χ0n) is 14.7. The topological polar surface area (TPSA) is 77.0 Å². The summed E-state index contributed by atoms with van der Waals surface area (Å²) in [5.41, 5.74) is 0.973. The molecule has 138 valence electrons. The number of methoxy groups -OCH3 is 1. The van der Waals surface area contributed by atoms with Crippen LogP contribution < -0.4 is 15.4 Å². The van der Waals surface area contributed by atoms with Crippen molar-refractivity contribution in [2.75, 3.05) is 47.1 Å². The molecule has 0 bridgehead atoms. The maximum Gasteiger partial charge on any atom is 0.218 e. The Hall–Kier alpha value is -1.13. The third-order valence-corrected chi connectivity index (χ3v) is 3.01. The summed E-state index contributed by atoms with van der Waals surface area (Å²) >= 11 is 0. The lowest BCUT2D eigenvalue weighted by molar-refractivity contribution is 0.143. The van der Waals surface area contributed by atoms with E-state index in [1.807, 2.05) is 19.1 Å². The lowest BCUT2D eigenvalue weighted by atomic mass is 10.2. The summed E-state index contributed by atoms with van der Waals surface area (Å²) in [6.45, 7) is 5.90. The van der Waals surface area contributed by atoms with Gasteiger partial charge in [-0.1, -0.05) is 6.07 Å². The number of halogens is 1. The van der Waals surface area contributed by atoms with E-state index in [9.17, 15) is 0 Å². The number of ether oxygens (including phenoxy) is 3. The molecule has 0 atom stereocenters. The smallest absolute Gasteiger partial charge is 0.218 e. The molecule has 8 heteroatoms. The molecule has 24 heavy (non-hydrogen) atoms. The van der Waals surface area contributed by atoms with Gasteiger partial charge in [0.25, 0.3) is 0 Å². The number of pyridine rings is 1. The van der Waals surface area contributed by atoms with Gasteiger partial charge < -0.3 is 24.8 Å². The Labute approximate surface area is 161 Å². The number of nitrogens with one attached hydrogen (secondary N) is 2. The molecule has 0 aliphatic heterocycles. The molecular formula is C16H29IN4O3. The van der Waals surface area contributed by atoms with Crippen LogP contribution in [-0.4, -0.2) is 58.1 Å². The second-order valence-electron chi connectivity index (χ2n) is 4.71. The minimum atomic E-state index is 0. The third kappa shape index (κ3) is 9.89. The average molecular weight is 452 g/mol. The first-order valence-electron chi connectivity index (χ1n) is 7.89. The van der Waals surface area contributed by atoms with Gasteiger partial charge >= 0.3 is 0 Å². The molecule has 0 aliphatic rings. The van der Waals surface area contributed by atoms with E-state index in [4.69, 9.17) is 14.2 Å². The quantitative estimate of drug-likeness (QED) is 0.231. The number of aromatic nitrogens is 1. The number of aliphatic imine (C=N–C) groups is 1. The van der Waals surface area contributed by atoms with Crippen molar-refractivity contribution in [2.45, 2.75) is 19.9 Å². The third-order valence-electron chi connectivity index (χ3n) is 3.01. The molecule has 0 amide bonds. The van der Waals surface area contributed by atoms with Crippen LogP contribution in [0.2, 0.25) is 0 Å². The van der Waals surface area contributed by atoms with E-state index in [0.717, 1.165) is 37.7 Å². The molecule has 0 radical (unpaired) electrons. The molecule has 0 fully saturated rings. The van der Waals surface area contributed by atoms with Gasteiger partial charge in [0.15, 0.2) is 5.96 Å². The van der Waals surface area contributed by atoms with E-state index >= 15 is 0 Å². The van der Waals surface area contributed by atoms with Crippen molar-refractivity contribution in [1.82, 2.24) is 15.6 Å². The van der Waals surface area contributed by atoms with Crippen LogP contribution in [-0.2, 0) is 16.0 Å². The van der Waals surface area contributed by atoms with Crippen molar-refractivity contribution < 1.29 is 14.2 Å². The highest BCUT2D eigenvalue weighted by molar-refractivity contribution is 14.0. The van der Waals surface area contributed by atoms with Crippen molar-refractivity contribution in [2.24, 2.45) is 4.99 Å². The van der Waals surface area contributed by atoms with Crippen LogP contribution in [0.1, 0.15) is 18.9 Å². The minimum absolute atomic E-state index is 0. The van der Waals surface area contributed by atoms with Gasteiger partial charge in [0.05, 0.1) is 6.61 Å². The SMILES string of the molecule is CCOCCCNC(=NC)NCc1cccnc1OCCOC.I. The molecule has 0 spiro atoms. The van der Waals surface area contributed by atoms with E-state index in [1.54, 1.807) is 20.4 Å². The first-order valence-corrected chi connectivity index (χ1v) is 7.89. The van der Waals surface area contributed by atoms with Crippen LogP contribution >= 0.6 is 24.0 Å². The molecule has 0 aliphatic carbocycles. The summed E-state index contributed by atoms with van der Waals surface area (Å²) in [7, 11) is 3.39. The second kappa shape index (κ2) is 15.4. The minimum Gasteiger partial charge on any atom is -0.475 e.